The summed E-state index contributed by atoms with van der Waals surface area (Å²) in [6, 6.07) is 12.4. The van der Waals surface area contributed by atoms with Crippen LogP contribution in [0.3, 0.4) is 0 Å². The number of piperidine rings is 1. The largest absolute Gasteiger partial charge is 0.338 e. The van der Waals surface area contributed by atoms with Crippen LogP contribution in [0.4, 0.5) is 11.4 Å². The van der Waals surface area contributed by atoms with Crippen LogP contribution in [-0.2, 0) is 4.79 Å². The average Bonchev–Trinajstić information content (AvgIpc) is 2.68. The van der Waals surface area contributed by atoms with Crippen LogP contribution in [0.25, 0.3) is 0 Å². The Balaban J connectivity index is 1.66. The number of hydrogen-bond acceptors (Lipinski definition) is 4. The molecule has 27 heavy (non-hydrogen) atoms. The molecule has 1 heterocycles. The highest BCUT2D eigenvalue weighted by Crippen LogP contribution is 2.23. The van der Waals surface area contributed by atoms with Crippen molar-refractivity contribution < 1.29 is 14.5 Å². The van der Waals surface area contributed by atoms with E-state index in [0.717, 1.165) is 0 Å². The molecule has 1 unspecified atom stereocenters. The molecule has 1 aliphatic rings. The molecule has 1 fully saturated rings. The highest BCUT2D eigenvalue weighted by atomic mass is 35.5. The standard InChI is InChI=1S/C19H18ClN3O4/c20-15-8-6-13(7-9-15)19(25)22-10-2-3-14(12-22)18(24)21-16-4-1-5-17(11-16)23(26)27/h1,4-9,11,14H,2-3,10,12H2,(H,21,24). The molecule has 2 aromatic carbocycles. The third kappa shape index (κ3) is 4.62. The topological polar surface area (TPSA) is 92.5 Å². The Labute approximate surface area is 161 Å². The number of halogens is 1. The Morgan fingerprint density at radius 2 is 1.93 bits per heavy atom. The molecule has 2 amide bonds. The van der Waals surface area contributed by atoms with Crippen LogP contribution in [0.1, 0.15) is 23.2 Å². The molecule has 1 aliphatic heterocycles. The van der Waals surface area contributed by atoms with Crippen LogP contribution < -0.4 is 5.32 Å². The number of nitrogens with one attached hydrogen (secondary N) is 1. The number of rotatable bonds is 4. The van der Waals surface area contributed by atoms with Crippen molar-refractivity contribution >= 4 is 34.8 Å². The number of hydrogen-bond donors (Lipinski definition) is 1. The van der Waals surface area contributed by atoms with Gasteiger partial charge >= 0.3 is 0 Å². The van der Waals surface area contributed by atoms with E-state index < -0.39 is 4.92 Å². The van der Waals surface area contributed by atoms with Gasteiger partial charge in [-0.2, -0.15) is 0 Å². The van der Waals surface area contributed by atoms with Gasteiger partial charge in [0.05, 0.1) is 10.8 Å². The molecule has 0 aliphatic carbocycles. The van der Waals surface area contributed by atoms with Gasteiger partial charge in [0.25, 0.3) is 11.6 Å². The second kappa shape index (κ2) is 8.18. The molecule has 1 N–H and O–H groups in total. The second-order valence-electron chi connectivity index (χ2n) is 6.39. The number of carbonyl (C=O) groups excluding carboxylic acids is 2. The van der Waals surface area contributed by atoms with Crippen LogP contribution in [-0.4, -0.2) is 34.7 Å². The molecule has 0 bridgehead atoms. The maximum Gasteiger partial charge on any atom is 0.271 e. The summed E-state index contributed by atoms with van der Waals surface area (Å²) in [7, 11) is 0. The maximum absolute atomic E-state index is 12.6. The Hall–Kier alpha value is -2.93. The van der Waals surface area contributed by atoms with E-state index >= 15 is 0 Å². The molecule has 8 heteroatoms. The van der Waals surface area contributed by atoms with Gasteiger partial charge in [-0.1, -0.05) is 17.7 Å². The summed E-state index contributed by atoms with van der Waals surface area (Å²) in [5.41, 5.74) is 0.811. The van der Waals surface area contributed by atoms with E-state index in [0.29, 0.717) is 42.2 Å². The smallest absolute Gasteiger partial charge is 0.271 e. The molecule has 7 nitrogen and oxygen atoms in total. The van der Waals surface area contributed by atoms with Gasteiger partial charge in [0.2, 0.25) is 5.91 Å². The lowest BCUT2D eigenvalue weighted by Gasteiger charge is -2.32. The fourth-order valence-electron chi connectivity index (χ4n) is 3.09. The number of nitro benzene ring substituents is 1. The van der Waals surface area contributed by atoms with Gasteiger partial charge in [-0.3, -0.25) is 19.7 Å². The summed E-state index contributed by atoms with van der Waals surface area (Å²) in [6.45, 7) is 0.893. The number of nitro groups is 1. The highest BCUT2D eigenvalue weighted by molar-refractivity contribution is 6.30. The van der Waals surface area contributed by atoms with E-state index in [1.165, 1.54) is 18.2 Å². The molecule has 0 aromatic heterocycles. The summed E-state index contributed by atoms with van der Waals surface area (Å²) in [4.78, 5) is 37.2. The zero-order valence-electron chi connectivity index (χ0n) is 14.4. The minimum absolute atomic E-state index is 0.0870. The first-order valence-corrected chi connectivity index (χ1v) is 8.92. The summed E-state index contributed by atoms with van der Waals surface area (Å²) in [5.74, 6) is -0.752. The van der Waals surface area contributed by atoms with E-state index in [4.69, 9.17) is 11.6 Å². The third-order valence-corrected chi connectivity index (χ3v) is 4.75. The summed E-state index contributed by atoms with van der Waals surface area (Å²) in [6.07, 6.45) is 1.37. The Kier molecular flexibility index (Phi) is 5.71. The maximum atomic E-state index is 12.6. The highest BCUT2D eigenvalue weighted by Gasteiger charge is 2.29. The second-order valence-corrected chi connectivity index (χ2v) is 6.83. The normalized spacial score (nSPS) is 16.6. The van der Waals surface area contributed by atoms with E-state index in [1.807, 2.05) is 0 Å². The Morgan fingerprint density at radius 1 is 1.19 bits per heavy atom. The number of carbonyl (C=O) groups is 2. The number of anilines is 1. The fraction of sp³-hybridized carbons (Fsp3) is 0.263. The average molecular weight is 388 g/mol. The summed E-state index contributed by atoms with van der Waals surface area (Å²) in [5, 5.41) is 14.1. The molecular formula is C19H18ClN3O4. The van der Waals surface area contributed by atoms with Crippen molar-refractivity contribution in [2.24, 2.45) is 5.92 Å². The van der Waals surface area contributed by atoms with Crippen molar-refractivity contribution in [2.75, 3.05) is 18.4 Å². The first-order chi connectivity index (χ1) is 12.9. The first-order valence-electron chi connectivity index (χ1n) is 8.54. The first kappa shape index (κ1) is 18.8. The number of benzene rings is 2. The lowest BCUT2D eigenvalue weighted by Crippen LogP contribution is -2.43. The van der Waals surface area contributed by atoms with Crippen LogP contribution in [0.2, 0.25) is 5.02 Å². The van der Waals surface area contributed by atoms with E-state index in [9.17, 15) is 19.7 Å². The zero-order chi connectivity index (χ0) is 19.4. The monoisotopic (exact) mass is 387 g/mol. The quantitative estimate of drug-likeness (QED) is 0.638. The summed E-state index contributed by atoms with van der Waals surface area (Å²) < 4.78 is 0. The number of non-ortho nitro benzene ring substituents is 1. The van der Waals surface area contributed by atoms with Crippen molar-refractivity contribution in [1.82, 2.24) is 4.90 Å². The Morgan fingerprint density at radius 3 is 2.63 bits per heavy atom. The van der Waals surface area contributed by atoms with Crippen molar-refractivity contribution in [3.8, 4) is 0 Å². The molecule has 0 spiro atoms. The molecule has 1 atom stereocenters. The van der Waals surface area contributed by atoms with Crippen LogP contribution in [0, 0.1) is 16.0 Å². The minimum atomic E-state index is -0.511. The molecule has 1 saturated heterocycles. The zero-order valence-corrected chi connectivity index (χ0v) is 15.2. The predicted octanol–water partition coefficient (Wildman–Crippen LogP) is 3.74. The van der Waals surface area contributed by atoms with E-state index in [1.54, 1.807) is 35.2 Å². The van der Waals surface area contributed by atoms with Gasteiger partial charge in [0.1, 0.15) is 0 Å². The molecule has 2 aromatic rings. The van der Waals surface area contributed by atoms with Gasteiger partial charge in [-0.15, -0.1) is 0 Å². The van der Waals surface area contributed by atoms with E-state index in [-0.39, 0.29) is 23.4 Å². The van der Waals surface area contributed by atoms with Crippen molar-refractivity contribution in [3.63, 3.8) is 0 Å². The molecule has 140 valence electrons. The number of amides is 2. The number of nitrogens with zero attached hydrogens (tertiary/aromatic N) is 2. The Bertz CT molecular complexity index is 870. The van der Waals surface area contributed by atoms with Crippen LogP contribution in [0.15, 0.2) is 48.5 Å². The molecular weight excluding hydrogens is 370 g/mol. The van der Waals surface area contributed by atoms with Crippen molar-refractivity contribution in [2.45, 2.75) is 12.8 Å². The molecule has 0 saturated carbocycles. The summed E-state index contributed by atoms with van der Waals surface area (Å²) >= 11 is 5.85. The van der Waals surface area contributed by atoms with Gasteiger partial charge in [-0.05, 0) is 43.2 Å². The van der Waals surface area contributed by atoms with Gasteiger partial charge in [0, 0.05) is 41.5 Å². The van der Waals surface area contributed by atoms with E-state index in [2.05, 4.69) is 5.32 Å². The molecule has 3 rings (SSSR count). The minimum Gasteiger partial charge on any atom is -0.338 e. The third-order valence-electron chi connectivity index (χ3n) is 4.50. The number of likely N-dealkylation sites (tertiary alicyclic amines) is 1. The SMILES string of the molecule is O=C(Nc1cccc([N+](=O)[O-])c1)C1CCCN(C(=O)c2ccc(Cl)cc2)C1. The molecule has 0 radical (unpaired) electrons. The van der Waals surface area contributed by atoms with Crippen LogP contribution in [0.5, 0.6) is 0 Å². The van der Waals surface area contributed by atoms with Crippen molar-refractivity contribution in [1.29, 1.82) is 0 Å². The van der Waals surface area contributed by atoms with Crippen molar-refractivity contribution in [3.05, 3.63) is 69.2 Å². The van der Waals surface area contributed by atoms with Gasteiger partial charge in [-0.25, -0.2) is 0 Å². The van der Waals surface area contributed by atoms with Crippen LogP contribution >= 0.6 is 11.6 Å². The lowest BCUT2D eigenvalue weighted by atomic mass is 9.96. The predicted molar refractivity (Wildman–Crippen MR) is 102 cm³/mol. The van der Waals surface area contributed by atoms with Gasteiger partial charge < -0.3 is 10.2 Å². The lowest BCUT2D eigenvalue weighted by molar-refractivity contribution is -0.384. The fourth-order valence-corrected chi connectivity index (χ4v) is 3.22. The van der Waals surface area contributed by atoms with Gasteiger partial charge in [0.15, 0.2) is 0 Å².